The number of rotatable bonds is 4. The molecule has 0 spiro atoms. The summed E-state index contributed by atoms with van der Waals surface area (Å²) in [6.07, 6.45) is 4.30. The fourth-order valence-corrected chi connectivity index (χ4v) is 3.67. The maximum atomic E-state index is 14.6. The summed E-state index contributed by atoms with van der Waals surface area (Å²) in [7, 11) is 0. The normalized spacial score (nSPS) is 18.4. The third-order valence-electron chi connectivity index (χ3n) is 4.88. The molecule has 1 aromatic heterocycles. The third kappa shape index (κ3) is 2.99. The number of benzene rings is 1. The molecule has 4 heteroatoms. The highest BCUT2D eigenvalue weighted by atomic mass is 19.1. The van der Waals surface area contributed by atoms with E-state index in [0.29, 0.717) is 11.3 Å². The molecule has 1 aliphatic rings. The van der Waals surface area contributed by atoms with Gasteiger partial charge >= 0.3 is 0 Å². The fraction of sp³-hybridized carbons (Fsp3) is 0.526. The predicted octanol–water partition coefficient (Wildman–Crippen LogP) is 4.46. The summed E-state index contributed by atoms with van der Waals surface area (Å²) in [4.78, 5) is 9.23. The number of piperidine rings is 1. The van der Waals surface area contributed by atoms with E-state index in [1.54, 1.807) is 12.1 Å². The van der Waals surface area contributed by atoms with E-state index in [1.807, 2.05) is 12.3 Å². The van der Waals surface area contributed by atoms with Crippen LogP contribution in [-0.4, -0.2) is 31.2 Å². The molecule has 0 aliphatic carbocycles. The standard InChI is InChI=1S/C19H26FN3/c1-4-22(5-2)17-12-21-19(23-11-7-8-14(3)13-23)15-9-6-10-16(20)18(15)17/h6,9-10,12,14H,4-5,7-8,11,13H2,1-3H3. The molecule has 124 valence electrons. The second-order valence-corrected chi connectivity index (χ2v) is 6.50. The van der Waals surface area contributed by atoms with Crippen molar-refractivity contribution in [1.82, 2.24) is 4.98 Å². The summed E-state index contributed by atoms with van der Waals surface area (Å²) < 4.78 is 14.6. The van der Waals surface area contributed by atoms with Crippen LogP contribution in [0.1, 0.15) is 33.6 Å². The molecule has 1 atom stereocenters. The van der Waals surface area contributed by atoms with Crippen LogP contribution in [0.25, 0.3) is 10.8 Å². The Morgan fingerprint density at radius 3 is 2.78 bits per heavy atom. The molecule has 1 saturated heterocycles. The first-order chi connectivity index (χ1) is 11.2. The highest BCUT2D eigenvalue weighted by Crippen LogP contribution is 2.35. The molecule has 1 aromatic carbocycles. The second kappa shape index (κ2) is 6.73. The molecule has 3 nitrogen and oxygen atoms in total. The lowest BCUT2D eigenvalue weighted by Crippen LogP contribution is -2.35. The van der Waals surface area contributed by atoms with Crippen LogP contribution in [0.5, 0.6) is 0 Å². The van der Waals surface area contributed by atoms with Crippen LogP contribution >= 0.6 is 0 Å². The highest BCUT2D eigenvalue weighted by Gasteiger charge is 2.22. The zero-order chi connectivity index (χ0) is 16.4. The number of halogens is 1. The summed E-state index contributed by atoms with van der Waals surface area (Å²) in [5, 5.41) is 1.64. The van der Waals surface area contributed by atoms with Gasteiger partial charge in [0.25, 0.3) is 0 Å². The molecule has 0 amide bonds. The molecule has 2 aromatic rings. The van der Waals surface area contributed by atoms with Gasteiger partial charge in [0, 0.05) is 37.0 Å². The van der Waals surface area contributed by atoms with Crippen molar-refractivity contribution in [3.8, 4) is 0 Å². The average molecular weight is 315 g/mol. The van der Waals surface area contributed by atoms with Gasteiger partial charge in [-0.05, 0) is 38.7 Å². The van der Waals surface area contributed by atoms with Crippen molar-refractivity contribution in [3.05, 3.63) is 30.2 Å². The number of fused-ring (bicyclic) bond motifs is 1. The molecule has 1 fully saturated rings. The van der Waals surface area contributed by atoms with E-state index in [1.165, 1.54) is 12.8 Å². The van der Waals surface area contributed by atoms with Crippen molar-refractivity contribution >= 4 is 22.3 Å². The van der Waals surface area contributed by atoms with Gasteiger partial charge in [0.15, 0.2) is 0 Å². The number of aromatic nitrogens is 1. The van der Waals surface area contributed by atoms with E-state index >= 15 is 0 Å². The fourth-order valence-electron chi connectivity index (χ4n) is 3.67. The molecule has 1 aliphatic heterocycles. The summed E-state index contributed by atoms with van der Waals surface area (Å²) >= 11 is 0. The lowest BCUT2D eigenvalue weighted by molar-refractivity contribution is 0.445. The van der Waals surface area contributed by atoms with Crippen LogP contribution in [0.4, 0.5) is 15.9 Å². The highest BCUT2D eigenvalue weighted by molar-refractivity contribution is 6.01. The summed E-state index contributed by atoms with van der Waals surface area (Å²) in [6.45, 7) is 10.2. The van der Waals surface area contributed by atoms with Gasteiger partial charge in [-0.3, -0.25) is 0 Å². The van der Waals surface area contributed by atoms with Crippen LogP contribution in [0.2, 0.25) is 0 Å². The monoisotopic (exact) mass is 315 g/mol. The van der Waals surface area contributed by atoms with Crippen molar-refractivity contribution in [2.24, 2.45) is 5.92 Å². The Kier molecular flexibility index (Phi) is 4.69. The minimum Gasteiger partial charge on any atom is -0.370 e. The third-order valence-corrected chi connectivity index (χ3v) is 4.88. The van der Waals surface area contributed by atoms with Crippen molar-refractivity contribution in [2.45, 2.75) is 33.6 Å². The second-order valence-electron chi connectivity index (χ2n) is 6.50. The molecule has 23 heavy (non-hydrogen) atoms. The molecule has 0 bridgehead atoms. The number of nitrogens with zero attached hydrogens (tertiary/aromatic N) is 3. The van der Waals surface area contributed by atoms with Crippen molar-refractivity contribution < 1.29 is 4.39 Å². The van der Waals surface area contributed by atoms with Crippen LogP contribution in [0.3, 0.4) is 0 Å². The molecule has 0 radical (unpaired) electrons. The lowest BCUT2D eigenvalue weighted by atomic mass is 9.99. The lowest BCUT2D eigenvalue weighted by Gasteiger charge is -2.33. The van der Waals surface area contributed by atoms with E-state index in [9.17, 15) is 4.39 Å². The molecular formula is C19H26FN3. The van der Waals surface area contributed by atoms with E-state index in [0.717, 1.165) is 43.1 Å². The number of hydrogen-bond donors (Lipinski definition) is 0. The van der Waals surface area contributed by atoms with Gasteiger partial charge in [0.2, 0.25) is 0 Å². The Bertz CT molecular complexity index is 682. The first-order valence-electron chi connectivity index (χ1n) is 8.72. The van der Waals surface area contributed by atoms with E-state index in [4.69, 9.17) is 4.98 Å². The molecule has 0 N–H and O–H groups in total. The van der Waals surface area contributed by atoms with Gasteiger partial charge in [-0.15, -0.1) is 0 Å². The van der Waals surface area contributed by atoms with Crippen molar-refractivity contribution in [1.29, 1.82) is 0 Å². The quantitative estimate of drug-likeness (QED) is 0.830. The van der Waals surface area contributed by atoms with Crippen LogP contribution in [0.15, 0.2) is 24.4 Å². The first kappa shape index (κ1) is 16.0. The SMILES string of the molecule is CCN(CC)c1cnc(N2CCCC(C)C2)c2cccc(F)c12. The summed E-state index contributed by atoms with van der Waals surface area (Å²) in [5.41, 5.74) is 0.900. The maximum absolute atomic E-state index is 14.6. The number of pyridine rings is 1. The van der Waals surface area contributed by atoms with E-state index in [2.05, 4.69) is 30.6 Å². The smallest absolute Gasteiger partial charge is 0.136 e. The summed E-state index contributed by atoms with van der Waals surface area (Å²) in [6, 6.07) is 5.35. The first-order valence-corrected chi connectivity index (χ1v) is 8.72. The predicted molar refractivity (Wildman–Crippen MR) is 95.9 cm³/mol. The van der Waals surface area contributed by atoms with Crippen LogP contribution in [-0.2, 0) is 0 Å². The van der Waals surface area contributed by atoms with Gasteiger partial charge in [0.05, 0.1) is 11.9 Å². The molecule has 3 rings (SSSR count). The average Bonchev–Trinajstić information content (AvgIpc) is 2.56. The van der Waals surface area contributed by atoms with Gasteiger partial charge in [-0.2, -0.15) is 0 Å². The topological polar surface area (TPSA) is 19.4 Å². The van der Waals surface area contributed by atoms with Gasteiger partial charge < -0.3 is 9.80 Å². The molecule has 1 unspecified atom stereocenters. The Morgan fingerprint density at radius 1 is 1.30 bits per heavy atom. The largest absolute Gasteiger partial charge is 0.370 e. The molecular weight excluding hydrogens is 289 g/mol. The van der Waals surface area contributed by atoms with Crippen LogP contribution < -0.4 is 9.80 Å². The van der Waals surface area contributed by atoms with Gasteiger partial charge in [-0.1, -0.05) is 19.1 Å². The number of hydrogen-bond acceptors (Lipinski definition) is 3. The minimum absolute atomic E-state index is 0.155. The van der Waals surface area contributed by atoms with Crippen molar-refractivity contribution in [2.75, 3.05) is 36.0 Å². The Hall–Kier alpha value is -1.84. The van der Waals surface area contributed by atoms with E-state index in [-0.39, 0.29) is 5.82 Å². The van der Waals surface area contributed by atoms with Gasteiger partial charge in [0.1, 0.15) is 11.6 Å². The van der Waals surface area contributed by atoms with E-state index < -0.39 is 0 Å². The Labute approximate surface area is 138 Å². The molecule has 0 saturated carbocycles. The molecule has 2 heterocycles. The van der Waals surface area contributed by atoms with Gasteiger partial charge in [-0.25, -0.2) is 9.37 Å². The Balaban J connectivity index is 2.15. The zero-order valence-electron chi connectivity index (χ0n) is 14.3. The summed E-state index contributed by atoms with van der Waals surface area (Å²) in [5.74, 6) is 1.44. The zero-order valence-corrected chi connectivity index (χ0v) is 14.3. The number of anilines is 2. The maximum Gasteiger partial charge on any atom is 0.136 e. The van der Waals surface area contributed by atoms with Crippen molar-refractivity contribution in [3.63, 3.8) is 0 Å². The Morgan fingerprint density at radius 2 is 2.09 bits per heavy atom. The minimum atomic E-state index is -0.155. The van der Waals surface area contributed by atoms with Crippen LogP contribution in [0, 0.1) is 11.7 Å².